The predicted molar refractivity (Wildman–Crippen MR) is 126 cm³/mol. The van der Waals surface area contributed by atoms with E-state index < -0.39 is 0 Å². The summed E-state index contributed by atoms with van der Waals surface area (Å²) in [6.45, 7) is 6.88. The van der Waals surface area contributed by atoms with Crippen LogP contribution < -0.4 is 15.4 Å². The van der Waals surface area contributed by atoms with Crippen molar-refractivity contribution in [1.82, 2.24) is 20.2 Å². The number of imidazole rings is 1. The Hall–Kier alpha value is -1.81. The molecule has 0 spiro atoms. The Bertz CT molecular complexity index is 746. The molecule has 0 amide bonds. The van der Waals surface area contributed by atoms with Gasteiger partial charge in [-0.3, -0.25) is 4.99 Å². The lowest BCUT2D eigenvalue weighted by molar-refractivity contribution is 0.166. The van der Waals surface area contributed by atoms with Crippen LogP contribution in [0.25, 0.3) is 0 Å². The third-order valence-electron chi connectivity index (χ3n) is 4.84. The second kappa shape index (κ2) is 12.7. The maximum atomic E-state index is 6.12. The van der Waals surface area contributed by atoms with Gasteiger partial charge < -0.3 is 24.7 Å². The van der Waals surface area contributed by atoms with E-state index in [0.29, 0.717) is 19.1 Å². The maximum absolute atomic E-state index is 6.12. The third-order valence-corrected chi connectivity index (χ3v) is 4.84. The van der Waals surface area contributed by atoms with Crippen LogP contribution in [-0.4, -0.2) is 48.9 Å². The second-order valence-electron chi connectivity index (χ2n) is 7.16. The highest BCUT2D eigenvalue weighted by atomic mass is 127. The van der Waals surface area contributed by atoms with E-state index in [1.807, 2.05) is 12.5 Å². The molecule has 29 heavy (non-hydrogen) atoms. The lowest BCUT2D eigenvalue weighted by Crippen LogP contribution is -2.37. The highest BCUT2D eigenvalue weighted by Crippen LogP contribution is 2.22. The minimum absolute atomic E-state index is 0. The van der Waals surface area contributed by atoms with Gasteiger partial charge in [0.1, 0.15) is 5.75 Å². The number of ether oxygens (including phenoxy) is 2. The van der Waals surface area contributed by atoms with E-state index in [1.165, 1.54) is 5.56 Å². The van der Waals surface area contributed by atoms with Crippen molar-refractivity contribution in [2.75, 3.05) is 33.4 Å². The average Bonchev–Trinajstić information content (AvgIpc) is 3.41. The molecule has 7 nitrogen and oxygen atoms in total. The van der Waals surface area contributed by atoms with Gasteiger partial charge in [0.05, 0.1) is 19.5 Å². The van der Waals surface area contributed by atoms with Crippen LogP contribution in [0.15, 0.2) is 41.9 Å². The summed E-state index contributed by atoms with van der Waals surface area (Å²) in [7, 11) is 1.79. The first-order valence-electron chi connectivity index (χ1n) is 9.95. The SMILES string of the molecule is CN=C(NCCCn1ccnc1)NCc1ccc(C)cc1OCC1CCOC1.I. The number of aliphatic imine (C=N–C) groups is 1. The molecule has 1 atom stereocenters. The van der Waals surface area contributed by atoms with E-state index in [9.17, 15) is 0 Å². The quantitative estimate of drug-likeness (QED) is 0.234. The van der Waals surface area contributed by atoms with E-state index in [1.54, 1.807) is 13.2 Å². The molecule has 0 saturated carbocycles. The summed E-state index contributed by atoms with van der Waals surface area (Å²) in [6.07, 6.45) is 7.69. The fraction of sp³-hybridized carbons (Fsp3) is 0.524. The molecule has 0 aliphatic carbocycles. The van der Waals surface area contributed by atoms with Gasteiger partial charge in [-0.25, -0.2) is 4.98 Å². The van der Waals surface area contributed by atoms with Crippen molar-refractivity contribution in [1.29, 1.82) is 0 Å². The van der Waals surface area contributed by atoms with Crippen molar-refractivity contribution in [3.8, 4) is 5.75 Å². The van der Waals surface area contributed by atoms with Crippen molar-refractivity contribution >= 4 is 29.9 Å². The van der Waals surface area contributed by atoms with Crippen molar-refractivity contribution < 1.29 is 9.47 Å². The molecule has 3 rings (SSSR count). The van der Waals surface area contributed by atoms with Gasteiger partial charge in [0, 0.05) is 57.2 Å². The van der Waals surface area contributed by atoms with Gasteiger partial charge in [-0.05, 0) is 31.4 Å². The number of benzene rings is 1. The summed E-state index contributed by atoms with van der Waals surface area (Å²) in [6, 6.07) is 6.34. The average molecular weight is 513 g/mol. The topological polar surface area (TPSA) is 72.7 Å². The molecule has 2 N–H and O–H groups in total. The number of guanidine groups is 1. The molecule has 2 aromatic rings. The molecule has 1 saturated heterocycles. The van der Waals surface area contributed by atoms with Crippen molar-refractivity contribution in [3.63, 3.8) is 0 Å². The van der Waals surface area contributed by atoms with E-state index >= 15 is 0 Å². The van der Waals surface area contributed by atoms with Crippen LogP contribution >= 0.6 is 24.0 Å². The molecule has 1 aromatic heterocycles. The Morgan fingerprint density at radius 3 is 3.00 bits per heavy atom. The first-order chi connectivity index (χ1) is 13.7. The highest BCUT2D eigenvalue weighted by molar-refractivity contribution is 14.0. The summed E-state index contributed by atoms with van der Waals surface area (Å²) < 4.78 is 13.6. The lowest BCUT2D eigenvalue weighted by atomic mass is 10.1. The van der Waals surface area contributed by atoms with E-state index in [-0.39, 0.29) is 24.0 Å². The lowest BCUT2D eigenvalue weighted by Gasteiger charge is -2.17. The van der Waals surface area contributed by atoms with Gasteiger partial charge in [0.25, 0.3) is 0 Å². The Kier molecular flexibility index (Phi) is 10.3. The molecular weight excluding hydrogens is 481 g/mol. The second-order valence-corrected chi connectivity index (χ2v) is 7.16. The number of rotatable bonds is 9. The van der Waals surface area contributed by atoms with Crippen LogP contribution in [0.3, 0.4) is 0 Å². The van der Waals surface area contributed by atoms with Gasteiger partial charge in [0.15, 0.2) is 5.96 Å². The van der Waals surface area contributed by atoms with E-state index in [0.717, 1.165) is 56.4 Å². The fourth-order valence-electron chi connectivity index (χ4n) is 3.15. The monoisotopic (exact) mass is 513 g/mol. The molecule has 1 fully saturated rings. The fourth-order valence-corrected chi connectivity index (χ4v) is 3.15. The van der Waals surface area contributed by atoms with Crippen LogP contribution in [0, 0.1) is 12.8 Å². The third kappa shape index (κ3) is 7.85. The molecular formula is C21H32IN5O2. The minimum Gasteiger partial charge on any atom is -0.493 e. The normalized spacial score (nSPS) is 16.3. The summed E-state index contributed by atoms with van der Waals surface area (Å²) >= 11 is 0. The molecule has 2 heterocycles. The zero-order valence-electron chi connectivity index (χ0n) is 17.3. The first kappa shape index (κ1) is 23.5. The highest BCUT2D eigenvalue weighted by Gasteiger charge is 2.17. The van der Waals surface area contributed by atoms with E-state index in [2.05, 4.69) is 50.3 Å². The zero-order valence-corrected chi connectivity index (χ0v) is 19.6. The summed E-state index contributed by atoms with van der Waals surface area (Å²) in [5.41, 5.74) is 2.33. The standard InChI is InChI=1S/C21H31N5O2.HI/c1-17-4-5-19(20(12-17)28-15-18-6-11-27-14-18)13-25-21(22-2)24-7-3-9-26-10-8-23-16-26;/h4-5,8,10,12,16,18H,3,6-7,9,11,13-15H2,1-2H3,(H2,22,24,25);1H. The molecule has 8 heteroatoms. The van der Waals surface area contributed by atoms with Crippen LogP contribution in [0.5, 0.6) is 5.75 Å². The number of nitrogens with zero attached hydrogens (tertiary/aromatic N) is 3. The largest absolute Gasteiger partial charge is 0.493 e. The number of hydrogen-bond acceptors (Lipinski definition) is 4. The number of aryl methyl sites for hydroxylation is 2. The Balaban J connectivity index is 0.00000300. The minimum atomic E-state index is 0. The molecule has 1 aliphatic rings. The van der Waals surface area contributed by atoms with Crippen molar-refractivity contribution in [3.05, 3.63) is 48.0 Å². The van der Waals surface area contributed by atoms with Crippen LogP contribution in [0.4, 0.5) is 0 Å². The maximum Gasteiger partial charge on any atom is 0.191 e. The predicted octanol–water partition coefficient (Wildman–Crippen LogP) is 2.98. The van der Waals surface area contributed by atoms with Gasteiger partial charge in [-0.2, -0.15) is 0 Å². The summed E-state index contributed by atoms with van der Waals surface area (Å²) in [4.78, 5) is 8.37. The van der Waals surface area contributed by atoms with Gasteiger partial charge in [0.2, 0.25) is 0 Å². The van der Waals surface area contributed by atoms with E-state index in [4.69, 9.17) is 9.47 Å². The van der Waals surface area contributed by atoms with Crippen molar-refractivity contribution in [2.45, 2.75) is 32.9 Å². The number of nitrogens with one attached hydrogen (secondary N) is 2. The summed E-state index contributed by atoms with van der Waals surface area (Å²) in [5, 5.41) is 6.74. The number of halogens is 1. The number of hydrogen-bond donors (Lipinski definition) is 2. The van der Waals surface area contributed by atoms with Crippen LogP contribution in [0.2, 0.25) is 0 Å². The van der Waals surface area contributed by atoms with Crippen LogP contribution in [-0.2, 0) is 17.8 Å². The zero-order chi connectivity index (χ0) is 19.6. The molecule has 1 aromatic carbocycles. The Morgan fingerprint density at radius 2 is 2.28 bits per heavy atom. The molecule has 1 unspecified atom stereocenters. The molecule has 1 aliphatic heterocycles. The van der Waals surface area contributed by atoms with Crippen molar-refractivity contribution in [2.24, 2.45) is 10.9 Å². The molecule has 160 valence electrons. The Labute approximate surface area is 190 Å². The van der Waals surface area contributed by atoms with Crippen LogP contribution in [0.1, 0.15) is 24.0 Å². The van der Waals surface area contributed by atoms with Gasteiger partial charge in [-0.15, -0.1) is 24.0 Å². The molecule has 0 radical (unpaired) electrons. The smallest absolute Gasteiger partial charge is 0.191 e. The first-order valence-corrected chi connectivity index (χ1v) is 9.95. The Morgan fingerprint density at radius 1 is 1.38 bits per heavy atom. The van der Waals surface area contributed by atoms with Gasteiger partial charge in [-0.1, -0.05) is 12.1 Å². The van der Waals surface area contributed by atoms with Gasteiger partial charge >= 0.3 is 0 Å². The molecule has 0 bridgehead atoms. The number of aromatic nitrogens is 2. The summed E-state index contributed by atoms with van der Waals surface area (Å²) in [5.74, 6) is 2.22.